The van der Waals surface area contributed by atoms with Gasteiger partial charge in [0.05, 0.1) is 26.0 Å². The molecule has 10 heteroatoms. The zero-order valence-electron chi connectivity index (χ0n) is 14.3. The minimum absolute atomic E-state index is 0.0413. The number of rotatable bonds is 6. The molecule has 3 heterocycles. The summed E-state index contributed by atoms with van der Waals surface area (Å²) in [6.45, 7) is 2.79. The Morgan fingerprint density at radius 3 is 2.68 bits per heavy atom. The van der Waals surface area contributed by atoms with Gasteiger partial charge in [-0.1, -0.05) is 0 Å². The van der Waals surface area contributed by atoms with E-state index in [0.717, 1.165) is 11.8 Å². The van der Waals surface area contributed by atoms with Crippen LogP contribution in [-0.4, -0.2) is 67.3 Å². The molecular formula is C15H21N5O4S. The molecule has 0 saturated carbocycles. The van der Waals surface area contributed by atoms with Crippen molar-refractivity contribution in [1.29, 1.82) is 0 Å². The highest BCUT2D eigenvalue weighted by Gasteiger charge is 2.19. The zero-order chi connectivity index (χ0) is 17.9. The number of hydrogen-bond donors (Lipinski definition) is 0. The molecule has 0 aliphatic carbocycles. The molecule has 1 aliphatic heterocycles. The summed E-state index contributed by atoms with van der Waals surface area (Å²) < 4.78 is 36.5. The van der Waals surface area contributed by atoms with Crippen LogP contribution in [0.4, 0.5) is 5.82 Å². The van der Waals surface area contributed by atoms with Gasteiger partial charge in [0, 0.05) is 45.1 Å². The normalized spacial score (nSPS) is 15.4. The van der Waals surface area contributed by atoms with Crippen LogP contribution in [0.5, 0.6) is 6.01 Å². The third-order valence-electron chi connectivity index (χ3n) is 3.76. The predicted octanol–water partition coefficient (Wildman–Crippen LogP) is 0.0717. The number of sulfone groups is 1. The first-order valence-electron chi connectivity index (χ1n) is 7.94. The number of aryl methyl sites for hydroxylation is 1. The molecule has 1 saturated heterocycles. The lowest BCUT2D eigenvalue weighted by Gasteiger charge is -2.28. The van der Waals surface area contributed by atoms with Crippen molar-refractivity contribution in [3.63, 3.8) is 0 Å². The van der Waals surface area contributed by atoms with E-state index in [1.165, 1.54) is 6.07 Å². The summed E-state index contributed by atoms with van der Waals surface area (Å²) in [4.78, 5) is 10.4. The fourth-order valence-electron chi connectivity index (χ4n) is 2.46. The van der Waals surface area contributed by atoms with Gasteiger partial charge in [0.15, 0.2) is 14.9 Å². The molecule has 0 radical (unpaired) electrons. The Kier molecular flexibility index (Phi) is 5.19. The van der Waals surface area contributed by atoms with Gasteiger partial charge in [-0.2, -0.15) is 15.1 Å². The van der Waals surface area contributed by atoms with E-state index in [-0.39, 0.29) is 11.0 Å². The fourth-order valence-corrected chi connectivity index (χ4v) is 3.03. The zero-order valence-corrected chi connectivity index (χ0v) is 15.1. The molecular weight excluding hydrogens is 346 g/mol. The number of aromatic nitrogens is 4. The van der Waals surface area contributed by atoms with E-state index >= 15 is 0 Å². The third kappa shape index (κ3) is 4.67. The molecule has 3 rings (SSSR count). The van der Waals surface area contributed by atoms with Crippen molar-refractivity contribution in [2.24, 2.45) is 7.05 Å². The maximum atomic E-state index is 11.9. The number of hydrogen-bond acceptors (Lipinski definition) is 8. The monoisotopic (exact) mass is 367 g/mol. The largest absolute Gasteiger partial charge is 0.463 e. The molecule has 0 amide bonds. The van der Waals surface area contributed by atoms with Crippen molar-refractivity contribution in [2.45, 2.75) is 11.4 Å². The van der Waals surface area contributed by atoms with Crippen LogP contribution in [0.1, 0.15) is 5.56 Å². The maximum Gasteiger partial charge on any atom is 0.319 e. The predicted molar refractivity (Wildman–Crippen MR) is 90.6 cm³/mol. The van der Waals surface area contributed by atoms with Gasteiger partial charge in [-0.3, -0.25) is 4.68 Å². The average Bonchev–Trinajstić information content (AvgIpc) is 3.00. The lowest BCUT2D eigenvalue weighted by Crippen LogP contribution is -2.37. The molecule has 136 valence electrons. The number of anilines is 1. The molecule has 2 aromatic rings. The highest BCUT2D eigenvalue weighted by atomic mass is 32.2. The summed E-state index contributed by atoms with van der Waals surface area (Å²) >= 11 is 0. The van der Waals surface area contributed by atoms with Crippen LogP contribution >= 0.6 is 0 Å². The van der Waals surface area contributed by atoms with Crippen LogP contribution in [0.15, 0.2) is 23.5 Å². The number of morpholine rings is 1. The second-order valence-corrected chi connectivity index (χ2v) is 7.80. The quantitative estimate of drug-likeness (QED) is 0.662. The van der Waals surface area contributed by atoms with E-state index in [9.17, 15) is 8.42 Å². The summed E-state index contributed by atoms with van der Waals surface area (Å²) in [5, 5.41) is 4.05. The van der Waals surface area contributed by atoms with E-state index in [2.05, 4.69) is 15.1 Å². The van der Waals surface area contributed by atoms with Crippen LogP contribution in [-0.2, 0) is 28.0 Å². The smallest absolute Gasteiger partial charge is 0.319 e. The molecule has 1 fully saturated rings. The first-order chi connectivity index (χ1) is 11.9. The van der Waals surface area contributed by atoms with Crippen molar-refractivity contribution in [1.82, 2.24) is 19.7 Å². The van der Waals surface area contributed by atoms with Gasteiger partial charge < -0.3 is 14.4 Å². The SMILES string of the molecule is Cn1cc(CCOc2nc(N3CCOCC3)cc(S(C)(=O)=O)n2)cn1. The van der Waals surface area contributed by atoms with E-state index in [1.54, 1.807) is 10.9 Å². The van der Waals surface area contributed by atoms with Crippen LogP contribution in [0.2, 0.25) is 0 Å². The molecule has 0 atom stereocenters. The van der Waals surface area contributed by atoms with Crippen molar-refractivity contribution in [3.05, 3.63) is 24.0 Å². The summed E-state index contributed by atoms with van der Waals surface area (Å²) in [5.74, 6) is 0.537. The molecule has 2 aromatic heterocycles. The van der Waals surface area contributed by atoms with Crippen LogP contribution in [0.25, 0.3) is 0 Å². The standard InChI is InChI=1S/C15H21N5O4S/c1-19-11-12(10-16-19)3-6-24-15-17-13(20-4-7-23-8-5-20)9-14(18-15)25(2,21)22/h9-11H,3-8H2,1-2H3. The highest BCUT2D eigenvalue weighted by Crippen LogP contribution is 2.20. The van der Waals surface area contributed by atoms with E-state index in [1.807, 2.05) is 18.1 Å². The first kappa shape index (κ1) is 17.6. The van der Waals surface area contributed by atoms with Crippen LogP contribution < -0.4 is 9.64 Å². The average molecular weight is 367 g/mol. The van der Waals surface area contributed by atoms with Gasteiger partial charge in [-0.15, -0.1) is 0 Å². The lowest BCUT2D eigenvalue weighted by atomic mass is 10.3. The Morgan fingerprint density at radius 1 is 1.28 bits per heavy atom. The fraction of sp³-hybridized carbons (Fsp3) is 0.533. The Labute approximate surface area is 146 Å². The van der Waals surface area contributed by atoms with E-state index < -0.39 is 9.84 Å². The van der Waals surface area contributed by atoms with Crippen LogP contribution in [0, 0.1) is 0 Å². The van der Waals surface area contributed by atoms with Gasteiger partial charge in [-0.05, 0) is 5.56 Å². The molecule has 25 heavy (non-hydrogen) atoms. The number of ether oxygens (including phenoxy) is 2. The minimum atomic E-state index is -3.46. The molecule has 0 aromatic carbocycles. The highest BCUT2D eigenvalue weighted by molar-refractivity contribution is 7.90. The van der Waals surface area contributed by atoms with Gasteiger partial charge in [0.2, 0.25) is 0 Å². The van der Waals surface area contributed by atoms with Crippen molar-refractivity contribution >= 4 is 15.7 Å². The van der Waals surface area contributed by atoms with Crippen molar-refractivity contribution < 1.29 is 17.9 Å². The molecule has 9 nitrogen and oxygen atoms in total. The van der Waals surface area contributed by atoms with Crippen molar-refractivity contribution in [2.75, 3.05) is 44.1 Å². The molecule has 0 bridgehead atoms. The summed E-state index contributed by atoms with van der Waals surface area (Å²) in [7, 11) is -1.62. The van der Waals surface area contributed by atoms with E-state index in [0.29, 0.717) is 45.1 Å². The molecule has 0 N–H and O–H groups in total. The van der Waals surface area contributed by atoms with Crippen LogP contribution in [0.3, 0.4) is 0 Å². The Bertz CT molecular complexity index is 830. The lowest BCUT2D eigenvalue weighted by molar-refractivity contribution is 0.122. The second-order valence-electron chi connectivity index (χ2n) is 5.84. The molecule has 1 aliphatic rings. The third-order valence-corrected chi connectivity index (χ3v) is 4.73. The molecule has 0 unspecified atom stereocenters. The van der Waals surface area contributed by atoms with Gasteiger partial charge in [0.25, 0.3) is 0 Å². The van der Waals surface area contributed by atoms with Gasteiger partial charge >= 0.3 is 6.01 Å². The summed E-state index contributed by atoms with van der Waals surface area (Å²) in [6.07, 6.45) is 5.41. The molecule has 0 spiro atoms. The summed E-state index contributed by atoms with van der Waals surface area (Å²) in [6, 6.07) is 1.54. The van der Waals surface area contributed by atoms with Crippen molar-refractivity contribution in [3.8, 4) is 6.01 Å². The minimum Gasteiger partial charge on any atom is -0.463 e. The summed E-state index contributed by atoms with van der Waals surface area (Å²) in [5.41, 5.74) is 1.02. The van der Waals surface area contributed by atoms with Gasteiger partial charge in [-0.25, -0.2) is 8.42 Å². The van der Waals surface area contributed by atoms with Gasteiger partial charge in [0.1, 0.15) is 5.82 Å². The Balaban J connectivity index is 1.76. The maximum absolute atomic E-state index is 11.9. The first-order valence-corrected chi connectivity index (χ1v) is 9.83. The van der Waals surface area contributed by atoms with E-state index in [4.69, 9.17) is 9.47 Å². The Hall–Kier alpha value is -2.20. The second kappa shape index (κ2) is 7.36. The number of nitrogens with zero attached hydrogens (tertiary/aromatic N) is 5. The topological polar surface area (TPSA) is 99.4 Å². The Morgan fingerprint density at radius 2 is 2.04 bits per heavy atom.